The van der Waals surface area contributed by atoms with E-state index in [1.165, 1.54) is 61.4 Å². The second-order valence-corrected chi connectivity index (χ2v) is 16.4. The fraction of sp³-hybridized carbons (Fsp3) is 0. The van der Waals surface area contributed by atoms with Gasteiger partial charge in [0.15, 0.2) is 0 Å². The Morgan fingerprint density at radius 2 is 0.930 bits per heavy atom. The third kappa shape index (κ3) is 5.33. The summed E-state index contributed by atoms with van der Waals surface area (Å²) in [5, 5.41) is 5.83. The van der Waals surface area contributed by atoms with Crippen LogP contribution in [-0.2, 0) is 0 Å². The molecule has 8 aromatic carbocycles. The molecule has 0 unspecified atom stereocenters. The molecule has 0 radical (unpaired) electrons. The number of thiazole rings is 1. The van der Waals surface area contributed by atoms with Crippen molar-refractivity contribution >= 4 is 128 Å². The highest BCUT2D eigenvalue weighted by atomic mass is 32.1. The molecule has 0 bridgehead atoms. The van der Waals surface area contributed by atoms with E-state index in [-0.39, 0.29) is 0 Å². The van der Waals surface area contributed by atoms with E-state index >= 15 is 0 Å². The van der Waals surface area contributed by atoms with E-state index in [1.807, 2.05) is 18.2 Å². The largest absolute Gasteiger partial charge is 0.304 e. The quantitative estimate of drug-likeness (QED) is 0.153. The molecule has 12 aromatic rings. The lowest BCUT2D eigenvalue weighted by Crippen LogP contribution is -2.12. The average molecular weight is 805 g/mol. The summed E-state index contributed by atoms with van der Waals surface area (Å²) < 4.78 is 30.2. The van der Waals surface area contributed by atoms with E-state index in [0.29, 0.717) is 0 Å². The van der Waals surface area contributed by atoms with Crippen molar-refractivity contribution in [2.75, 3.05) is 4.90 Å². The van der Waals surface area contributed by atoms with Gasteiger partial charge in [-0.25, -0.2) is 4.98 Å². The first kappa shape index (κ1) is 32.7. The molecule has 57 heavy (non-hydrogen) atoms. The van der Waals surface area contributed by atoms with Crippen molar-refractivity contribution in [2.24, 2.45) is 0 Å². The second kappa shape index (κ2) is 13.0. The van der Waals surface area contributed by atoms with Gasteiger partial charge in [-0.1, -0.05) is 78.9 Å². The van der Waals surface area contributed by atoms with Crippen LogP contribution < -0.4 is 4.90 Å². The zero-order valence-corrected chi connectivity index (χ0v) is 32.8. The lowest BCUT2D eigenvalue weighted by molar-refractivity contribution is 1.31. The molecule has 0 atom stereocenters. The highest BCUT2D eigenvalue weighted by Crippen LogP contribution is 2.46. The maximum Gasteiger partial charge on any atom is 0.129 e. The molecule has 0 N–H and O–H groups in total. The summed E-state index contributed by atoms with van der Waals surface area (Å²) in [5.41, 5.74) is 13.8. The van der Waals surface area contributed by atoms with Gasteiger partial charge >= 0.3 is 0 Å². The van der Waals surface area contributed by atoms with Gasteiger partial charge in [0.1, 0.15) is 38.1 Å². The van der Waals surface area contributed by atoms with Gasteiger partial charge < -0.3 is 4.90 Å². The van der Waals surface area contributed by atoms with Gasteiger partial charge in [0.05, 0.1) is 62.5 Å². The minimum Gasteiger partial charge on any atom is -0.304 e. The van der Waals surface area contributed by atoms with Crippen molar-refractivity contribution in [2.45, 2.75) is 0 Å². The minimum atomic E-state index is 0.787. The summed E-state index contributed by atoms with van der Waals surface area (Å²) >= 11 is 5.34. The zero-order chi connectivity index (χ0) is 37.5. The summed E-state index contributed by atoms with van der Waals surface area (Å²) in [6.07, 6.45) is 0. The molecule has 4 heterocycles. The number of anilines is 3. The smallest absolute Gasteiger partial charge is 0.129 e. The summed E-state index contributed by atoms with van der Waals surface area (Å²) in [4.78, 5) is 7.07. The van der Waals surface area contributed by atoms with Gasteiger partial charge in [0.25, 0.3) is 0 Å². The maximum atomic E-state index is 4.95. The normalized spacial score (nSPS) is 11.9. The topological polar surface area (TPSA) is 93.5 Å². The molecule has 268 valence electrons. The first-order valence-electron chi connectivity index (χ1n) is 18.1. The number of hydrogen-bond donors (Lipinski definition) is 0. The Hall–Kier alpha value is -6.57. The molecule has 0 saturated carbocycles. The highest BCUT2D eigenvalue weighted by molar-refractivity contribution is 7.21. The van der Waals surface area contributed by atoms with Crippen LogP contribution in [0.2, 0.25) is 0 Å². The summed E-state index contributed by atoms with van der Waals surface area (Å²) in [5.74, 6) is 0. The minimum absolute atomic E-state index is 0.787. The Labute approximate surface area is 341 Å². The van der Waals surface area contributed by atoms with Crippen molar-refractivity contribution < 1.29 is 0 Å². The van der Waals surface area contributed by atoms with Crippen molar-refractivity contribution in [3.63, 3.8) is 0 Å². The molecule has 4 aromatic heterocycles. The fourth-order valence-corrected chi connectivity index (χ4v) is 10.4. The predicted octanol–water partition coefficient (Wildman–Crippen LogP) is 13.1. The van der Waals surface area contributed by atoms with Crippen LogP contribution in [0, 0.1) is 0 Å². The van der Waals surface area contributed by atoms with Crippen molar-refractivity contribution in [1.82, 2.24) is 31.2 Å². The molecule has 0 aliphatic rings. The molecular weight excluding hydrogens is 781 g/mol. The molecule has 0 aliphatic carbocycles. The van der Waals surface area contributed by atoms with Crippen LogP contribution >= 0.6 is 46.5 Å². The van der Waals surface area contributed by atoms with Gasteiger partial charge in [-0.05, 0) is 99.4 Å². The Balaban J connectivity index is 0.998. The first-order chi connectivity index (χ1) is 28.2. The maximum absolute atomic E-state index is 4.95. The lowest BCUT2D eigenvalue weighted by atomic mass is 9.97. The third-order valence-electron chi connectivity index (χ3n) is 10.5. The molecule has 0 amide bonds. The SMILES string of the molecule is c1ccc2cc3cc(-c4ccc(N(c5cccc6nsnc56)c5ccc(-c6ccc(-c7nc8ccccc8s7)cc6)c6nsnc56)c5nsnc45)ccc3cc2c1. The zero-order valence-electron chi connectivity index (χ0n) is 29.6. The molecule has 0 saturated heterocycles. The van der Waals surface area contributed by atoms with Crippen LogP contribution in [0.5, 0.6) is 0 Å². The van der Waals surface area contributed by atoms with E-state index in [0.717, 1.165) is 88.5 Å². The number of aromatic nitrogens is 7. The third-order valence-corrected chi connectivity index (χ3v) is 13.2. The molecular formula is C45H24N8S4. The molecule has 12 heteroatoms. The first-order valence-corrected chi connectivity index (χ1v) is 21.2. The lowest BCUT2D eigenvalue weighted by Gasteiger charge is -2.26. The van der Waals surface area contributed by atoms with Crippen LogP contribution in [0.1, 0.15) is 0 Å². The second-order valence-electron chi connectivity index (χ2n) is 13.8. The number of hydrogen-bond acceptors (Lipinski definition) is 12. The summed E-state index contributed by atoms with van der Waals surface area (Å²) in [6.45, 7) is 0. The van der Waals surface area contributed by atoms with Crippen molar-refractivity contribution in [3.05, 3.63) is 146 Å². The van der Waals surface area contributed by atoms with E-state index in [9.17, 15) is 0 Å². The number of fused-ring (bicyclic) bond motifs is 6. The molecule has 12 rings (SSSR count). The Morgan fingerprint density at radius 3 is 1.68 bits per heavy atom. The number of para-hydroxylation sites is 1. The Kier molecular flexibility index (Phi) is 7.45. The number of benzene rings is 8. The van der Waals surface area contributed by atoms with E-state index in [4.69, 9.17) is 26.9 Å². The number of nitrogens with zero attached hydrogens (tertiary/aromatic N) is 8. The van der Waals surface area contributed by atoms with Crippen LogP contribution in [0.15, 0.2) is 146 Å². The van der Waals surface area contributed by atoms with Gasteiger partial charge in [0, 0.05) is 16.7 Å². The highest BCUT2D eigenvalue weighted by Gasteiger charge is 2.26. The van der Waals surface area contributed by atoms with Gasteiger partial charge in [-0.15, -0.1) is 11.3 Å². The fourth-order valence-electron chi connectivity index (χ4n) is 7.79. The standard InChI is InChI=1S/C45H24N8S4/c1-2-7-28-23-31-24-30(17-16-29(31)22-27(28)6-1)33-19-21-38(44-41(33)49-57-52-44)53(36-10-5-9-35-42(36)50-55-47-35)37-20-18-32(40-43(37)51-56-48-40)25-12-14-26(15-13-25)45-46-34-8-3-4-11-39(34)54-45/h1-24H. The van der Waals surface area contributed by atoms with Crippen LogP contribution in [0.25, 0.3) is 97.7 Å². The Bertz CT molecular complexity index is 3480. The van der Waals surface area contributed by atoms with Gasteiger partial charge in [0.2, 0.25) is 0 Å². The van der Waals surface area contributed by atoms with Gasteiger partial charge in [-0.2, -0.15) is 26.2 Å². The van der Waals surface area contributed by atoms with Crippen LogP contribution in [0.4, 0.5) is 17.1 Å². The van der Waals surface area contributed by atoms with E-state index < -0.39 is 0 Å². The van der Waals surface area contributed by atoms with Crippen LogP contribution in [0.3, 0.4) is 0 Å². The monoisotopic (exact) mass is 804 g/mol. The summed E-state index contributed by atoms with van der Waals surface area (Å²) in [6, 6.07) is 51.1. The van der Waals surface area contributed by atoms with Crippen molar-refractivity contribution in [1.29, 1.82) is 0 Å². The predicted molar refractivity (Wildman–Crippen MR) is 239 cm³/mol. The van der Waals surface area contributed by atoms with Crippen molar-refractivity contribution in [3.8, 4) is 32.8 Å². The van der Waals surface area contributed by atoms with Gasteiger partial charge in [-0.3, -0.25) is 0 Å². The number of rotatable bonds is 6. The Morgan fingerprint density at radius 1 is 0.368 bits per heavy atom. The summed E-state index contributed by atoms with van der Waals surface area (Å²) in [7, 11) is 0. The molecule has 8 nitrogen and oxygen atoms in total. The molecule has 0 spiro atoms. The average Bonchev–Trinajstić information content (AvgIpc) is 4.10. The van der Waals surface area contributed by atoms with E-state index in [2.05, 4.69) is 137 Å². The molecule has 0 aliphatic heterocycles. The van der Waals surface area contributed by atoms with Crippen LogP contribution in [-0.4, -0.2) is 31.2 Å². The van der Waals surface area contributed by atoms with E-state index in [1.54, 1.807) is 11.3 Å². The molecule has 0 fully saturated rings.